The van der Waals surface area contributed by atoms with E-state index in [0.717, 1.165) is 5.39 Å². The molecule has 4 aromatic rings. The number of pyridine rings is 1. The van der Waals surface area contributed by atoms with Gasteiger partial charge in [0.15, 0.2) is 11.6 Å². The lowest BCUT2D eigenvalue weighted by Gasteiger charge is -2.29. The van der Waals surface area contributed by atoms with Crippen LogP contribution in [0.2, 0.25) is 0 Å². The SMILES string of the molecule is CNC(=O)c1cccc2nc(-c3c[nH]c4c(N5CCOCC5)c(F)c(F)cc34)ccc12. The summed E-state index contributed by atoms with van der Waals surface area (Å²) in [5, 5.41) is 3.90. The lowest BCUT2D eigenvalue weighted by Crippen LogP contribution is -2.37. The average molecular weight is 422 g/mol. The van der Waals surface area contributed by atoms with Crippen LogP contribution in [0.3, 0.4) is 0 Å². The molecule has 1 fully saturated rings. The van der Waals surface area contributed by atoms with Crippen molar-refractivity contribution in [3.63, 3.8) is 0 Å². The molecule has 0 radical (unpaired) electrons. The molecule has 6 nitrogen and oxygen atoms in total. The number of amides is 1. The summed E-state index contributed by atoms with van der Waals surface area (Å²) in [4.78, 5) is 21.7. The Morgan fingerprint density at radius 3 is 2.74 bits per heavy atom. The minimum atomic E-state index is -0.905. The van der Waals surface area contributed by atoms with Gasteiger partial charge in [-0.3, -0.25) is 4.79 Å². The van der Waals surface area contributed by atoms with Crippen molar-refractivity contribution >= 4 is 33.4 Å². The van der Waals surface area contributed by atoms with Gasteiger partial charge in [-0.15, -0.1) is 0 Å². The second kappa shape index (κ2) is 7.63. The van der Waals surface area contributed by atoms with Gasteiger partial charge in [0.25, 0.3) is 5.91 Å². The molecule has 2 aromatic carbocycles. The fourth-order valence-electron chi connectivity index (χ4n) is 4.13. The molecule has 0 bridgehead atoms. The average Bonchev–Trinajstić information content (AvgIpc) is 3.22. The van der Waals surface area contributed by atoms with Crippen molar-refractivity contribution in [1.82, 2.24) is 15.3 Å². The van der Waals surface area contributed by atoms with Crippen molar-refractivity contribution in [1.29, 1.82) is 0 Å². The molecule has 0 atom stereocenters. The molecule has 0 unspecified atom stereocenters. The number of hydrogen-bond donors (Lipinski definition) is 2. The second-order valence-electron chi connectivity index (χ2n) is 7.39. The maximum absolute atomic E-state index is 14.8. The Labute approximate surface area is 176 Å². The number of halogens is 2. The molecule has 5 rings (SSSR count). The first-order chi connectivity index (χ1) is 15.1. The Morgan fingerprint density at radius 2 is 1.97 bits per heavy atom. The second-order valence-corrected chi connectivity index (χ2v) is 7.39. The van der Waals surface area contributed by atoms with E-state index in [1.165, 1.54) is 6.07 Å². The predicted molar refractivity (Wildman–Crippen MR) is 115 cm³/mol. The largest absolute Gasteiger partial charge is 0.378 e. The van der Waals surface area contributed by atoms with E-state index < -0.39 is 11.6 Å². The highest BCUT2D eigenvalue weighted by Crippen LogP contribution is 2.37. The number of fused-ring (bicyclic) bond motifs is 2. The molecule has 0 spiro atoms. The van der Waals surface area contributed by atoms with Gasteiger partial charge in [0, 0.05) is 48.2 Å². The van der Waals surface area contributed by atoms with Gasteiger partial charge in [-0.05, 0) is 30.3 Å². The summed E-state index contributed by atoms with van der Waals surface area (Å²) in [6.07, 6.45) is 1.71. The monoisotopic (exact) mass is 422 g/mol. The van der Waals surface area contributed by atoms with Crippen molar-refractivity contribution in [2.45, 2.75) is 0 Å². The normalized spacial score (nSPS) is 14.4. The molecule has 0 aliphatic carbocycles. The first kappa shape index (κ1) is 19.4. The van der Waals surface area contributed by atoms with Crippen LogP contribution in [0.4, 0.5) is 14.5 Å². The van der Waals surface area contributed by atoms with Crippen LogP contribution >= 0.6 is 0 Å². The minimum absolute atomic E-state index is 0.194. The Morgan fingerprint density at radius 1 is 1.16 bits per heavy atom. The Kier molecular flexibility index (Phi) is 4.78. The molecule has 1 amide bonds. The number of carbonyl (C=O) groups excluding carboxylic acids is 1. The first-order valence-corrected chi connectivity index (χ1v) is 10.0. The van der Waals surface area contributed by atoms with Gasteiger partial charge in [0.1, 0.15) is 5.69 Å². The summed E-state index contributed by atoms with van der Waals surface area (Å²) in [5.41, 5.74) is 3.18. The zero-order valence-electron chi connectivity index (χ0n) is 16.8. The number of aromatic amines is 1. The fraction of sp³-hybridized carbons (Fsp3) is 0.217. The fourth-order valence-corrected chi connectivity index (χ4v) is 4.13. The van der Waals surface area contributed by atoms with E-state index in [1.54, 1.807) is 36.3 Å². The molecule has 1 aliphatic heterocycles. The van der Waals surface area contributed by atoms with Crippen molar-refractivity contribution in [2.24, 2.45) is 0 Å². The van der Waals surface area contributed by atoms with Gasteiger partial charge in [0.2, 0.25) is 0 Å². The van der Waals surface area contributed by atoms with Crippen LogP contribution in [0.1, 0.15) is 10.4 Å². The molecular weight excluding hydrogens is 402 g/mol. The van der Waals surface area contributed by atoms with E-state index in [9.17, 15) is 13.6 Å². The summed E-state index contributed by atoms with van der Waals surface area (Å²) in [5.74, 6) is -1.97. The molecule has 3 heterocycles. The molecule has 31 heavy (non-hydrogen) atoms. The van der Waals surface area contributed by atoms with Crippen LogP contribution in [0.15, 0.2) is 42.6 Å². The number of H-pyrrole nitrogens is 1. The molecule has 1 aliphatic rings. The number of morpholine rings is 1. The standard InChI is InChI=1S/C23H20F2N4O2/c1-26-23(30)14-3-2-4-18-13(14)5-6-19(28-18)16-12-27-21-15(16)11-17(24)20(25)22(21)29-7-9-31-10-8-29/h2-6,11-12,27H,7-10H2,1H3,(H,26,30). The molecule has 0 saturated carbocycles. The van der Waals surface area contributed by atoms with E-state index in [4.69, 9.17) is 4.74 Å². The molecule has 8 heteroatoms. The number of anilines is 1. The smallest absolute Gasteiger partial charge is 0.251 e. The van der Waals surface area contributed by atoms with Gasteiger partial charge in [0.05, 0.1) is 29.9 Å². The summed E-state index contributed by atoms with van der Waals surface area (Å²) >= 11 is 0. The van der Waals surface area contributed by atoms with Crippen LogP contribution in [0, 0.1) is 11.6 Å². The molecular formula is C23H20F2N4O2. The maximum Gasteiger partial charge on any atom is 0.251 e. The summed E-state index contributed by atoms with van der Waals surface area (Å²) in [7, 11) is 1.58. The highest BCUT2D eigenvalue weighted by Gasteiger charge is 2.24. The van der Waals surface area contributed by atoms with E-state index in [-0.39, 0.29) is 11.6 Å². The Balaban J connectivity index is 1.66. The number of aromatic nitrogens is 2. The van der Waals surface area contributed by atoms with Gasteiger partial charge in [-0.1, -0.05) is 6.07 Å². The number of nitrogens with zero attached hydrogens (tertiary/aromatic N) is 2. The highest BCUT2D eigenvalue weighted by atomic mass is 19.2. The van der Waals surface area contributed by atoms with Crippen LogP contribution < -0.4 is 10.2 Å². The Hall–Kier alpha value is -3.52. The lowest BCUT2D eigenvalue weighted by atomic mass is 10.0. The highest BCUT2D eigenvalue weighted by molar-refractivity contribution is 6.07. The number of ether oxygens (including phenoxy) is 1. The number of carbonyl (C=O) groups is 1. The molecule has 2 N–H and O–H groups in total. The summed E-state index contributed by atoms with van der Waals surface area (Å²) < 4.78 is 34.7. The quantitative estimate of drug-likeness (QED) is 0.526. The Bertz CT molecular complexity index is 1310. The number of benzene rings is 2. The van der Waals surface area contributed by atoms with E-state index in [0.29, 0.717) is 59.5 Å². The lowest BCUT2D eigenvalue weighted by molar-refractivity contribution is 0.0964. The van der Waals surface area contributed by atoms with Gasteiger partial charge >= 0.3 is 0 Å². The van der Waals surface area contributed by atoms with Gasteiger partial charge < -0.3 is 19.9 Å². The third-order valence-electron chi connectivity index (χ3n) is 5.65. The van der Waals surface area contributed by atoms with Crippen molar-refractivity contribution < 1.29 is 18.3 Å². The van der Waals surface area contributed by atoms with Gasteiger partial charge in [-0.25, -0.2) is 13.8 Å². The van der Waals surface area contributed by atoms with Crippen molar-refractivity contribution in [3.8, 4) is 11.3 Å². The van der Waals surface area contributed by atoms with Crippen molar-refractivity contribution in [2.75, 3.05) is 38.3 Å². The van der Waals surface area contributed by atoms with Crippen LogP contribution in [0.25, 0.3) is 33.1 Å². The van der Waals surface area contributed by atoms with Crippen LogP contribution in [-0.2, 0) is 4.74 Å². The number of hydrogen-bond acceptors (Lipinski definition) is 4. The van der Waals surface area contributed by atoms with Crippen LogP contribution in [0.5, 0.6) is 0 Å². The van der Waals surface area contributed by atoms with Crippen molar-refractivity contribution in [3.05, 3.63) is 59.8 Å². The summed E-state index contributed by atoms with van der Waals surface area (Å²) in [6.45, 7) is 1.90. The zero-order valence-corrected chi connectivity index (χ0v) is 16.8. The first-order valence-electron chi connectivity index (χ1n) is 10.0. The van der Waals surface area contributed by atoms with E-state index >= 15 is 0 Å². The molecule has 1 saturated heterocycles. The van der Waals surface area contributed by atoms with E-state index in [2.05, 4.69) is 15.3 Å². The summed E-state index contributed by atoms with van der Waals surface area (Å²) in [6, 6.07) is 10.1. The molecule has 2 aromatic heterocycles. The van der Waals surface area contributed by atoms with Crippen LogP contribution in [-0.4, -0.2) is 49.2 Å². The minimum Gasteiger partial charge on any atom is -0.378 e. The topological polar surface area (TPSA) is 70.2 Å². The third kappa shape index (κ3) is 3.19. The number of nitrogens with one attached hydrogen (secondary N) is 2. The molecule has 158 valence electrons. The zero-order chi connectivity index (χ0) is 21.5. The number of rotatable bonds is 3. The third-order valence-corrected chi connectivity index (χ3v) is 5.65. The maximum atomic E-state index is 14.8. The van der Waals surface area contributed by atoms with E-state index in [1.807, 2.05) is 12.1 Å². The van der Waals surface area contributed by atoms with Gasteiger partial charge in [-0.2, -0.15) is 0 Å². The predicted octanol–water partition coefficient (Wildman–Crippen LogP) is 3.86.